The van der Waals surface area contributed by atoms with E-state index in [1.54, 1.807) is 29.1 Å². The molecule has 0 saturated carbocycles. The van der Waals surface area contributed by atoms with Crippen molar-refractivity contribution in [1.82, 2.24) is 5.32 Å². The van der Waals surface area contributed by atoms with Gasteiger partial charge in [-0.05, 0) is 51.0 Å². The third-order valence-corrected chi connectivity index (χ3v) is 3.93. The van der Waals surface area contributed by atoms with Crippen LogP contribution in [0.25, 0.3) is 0 Å². The summed E-state index contributed by atoms with van der Waals surface area (Å²) in [7, 11) is 0. The lowest BCUT2D eigenvalue weighted by Crippen LogP contribution is -2.43. The molecule has 0 atom stereocenters. The number of hydrogen-bond donors (Lipinski definition) is 1. The lowest BCUT2D eigenvalue weighted by molar-refractivity contribution is -0.684. The van der Waals surface area contributed by atoms with E-state index in [0.29, 0.717) is 31.7 Å². The van der Waals surface area contributed by atoms with Gasteiger partial charge >= 0.3 is 0 Å². The molecule has 0 spiro atoms. The summed E-state index contributed by atoms with van der Waals surface area (Å²) in [6, 6.07) is 9.32. The fourth-order valence-corrected chi connectivity index (χ4v) is 2.65. The summed E-state index contributed by atoms with van der Waals surface area (Å²) in [4.78, 5) is 23.5. The van der Waals surface area contributed by atoms with E-state index in [9.17, 15) is 9.59 Å². The molecule has 0 bridgehead atoms. The van der Waals surface area contributed by atoms with Crippen molar-refractivity contribution in [3.63, 3.8) is 0 Å². The predicted octanol–water partition coefficient (Wildman–Crippen LogP) is 2.33. The summed E-state index contributed by atoms with van der Waals surface area (Å²) >= 11 is 0. The van der Waals surface area contributed by atoms with Gasteiger partial charge in [-0.3, -0.25) is 9.59 Å². The number of aromatic nitrogens is 1. The minimum Gasteiger partial charge on any atom is -0.490 e. The van der Waals surface area contributed by atoms with Crippen molar-refractivity contribution < 1.29 is 23.6 Å². The van der Waals surface area contributed by atoms with Crippen molar-refractivity contribution in [3.8, 4) is 11.5 Å². The standard InChI is InChI=1S/C21H26N2O4/c1-4-26-19-9-8-17(13-20(19)27-5-2)10-11-22-21(25)15-23-12-6-7-18(14-23)16(3)24/h6-9,12-14H,4-5,10-11,15H2,1-3H3/p+1. The maximum Gasteiger partial charge on any atom is 0.285 e. The van der Waals surface area contributed by atoms with Crippen LogP contribution >= 0.6 is 0 Å². The highest BCUT2D eigenvalue weighted by Crippen LogP contribution is 2.28. The molecule has 0 saturated heterocycles. The van der Waals surface area contributed by atoms with Crippen molar-refractivity contribution in [1.29, 1.82) is 0 Å². The van der Waals surface area contributed by atoms with Gasteiger partial charge in [0.1, 0.15) is 0 Å². The van der Waals surface area contributed by atoms with Gasteiger partial charge in [0.2, 0.25) is 6.54 Å². The molecule has 6 nitrogen and oxygen atoms in total. The first-order chi connectivity index (χ1) is 13.0. The summed E-state index contributed by atoms with van der Waals surface area (Å²) in [5.41, 5.74) is 1.65. The molecule has 0 radical (unpaired) electrons. The summed E-state index contributed by atoms with van der Waals surface area (Å²) in [5, 5.41) is 2.90. The van der Waals surface area contributed by atoms with Crippen LogP contribution in [0.3, 0.4) is 0 Å². The fourth-order valence-electron chi connectivity index (χ4n) is 2.65. The fraction of sp³-hybridized carbons (Fsp3) is 0.381. The number of hydrogen-bond acceptors (Lipinski definition) is 4. The van der Waals surface area contributed by atoms with E-state index in [4.69, 9.17) is 9.47 Å². The summed E-state index contributed by atoms with van der Waals surface area (Å²) < 4.78 is 12.9. The number of nitrogens with zero attached hydrogens (tertiary/aromatic N) is 1. The van der Waals surface area contributed by atoms with Crippen LogP contribution in [0.1, 0.15) is 36.7 Å². The first-order valence-electron chi connectivity index (χ1n) is 9.18. The van der Waals surface area contributed by atoms with E-state index >= 15 is 0 Å². The Kier molecular flexibility index (Phi) is 7.79. The molecule has 1 aromatic carbocycles. The van der Waals surface area contributed by atoms with E-state index in [1.165, 1.54) is 6.92 Å². The first-order valence-corrected chi connectivity index (χ1v) is 9.18. The third kappa shape index (κ3) is 6.40. The first kappa shape index (κ1) is 20.4. The van der Waals surface area contributed by atoms with Gasteiger partial charge in [0.25, 0.3) is 5.91 Å². The molecule has 0 aliphatic rings. The molecule has 2 rings (SSSR count). The van der Waals surface area contributed by atoms with Crippen LogP contribution < -0.4 is 19.4 Å². The van der Waals surface area contributed by atoms with Crippen molar-refractivity contribution in [3.05, 3.63) is 53.9 Å². The van der Waals surface area contributed by atoms with Crippen molar-refractivity contribution in [2.45, 2.75) is 33.7 Å². The molecule has 144 valence electrons. The van der Waals surface area contributed by atoms with Crippen LogP contribution in [0.15, 0.2) is 42.7 Å². The minimum absolute atomic E-state index is 0.0228. The second-order valence-electron chi connectivity index (χ2n) is 6.07. The van der Waals surface area contributed by atoms with Crippen molar-refractivity contribution >= 4 is 11.7 Å². The molecule has 6 heteroatoms. The van der Waals surface area contributed by atoms with Gasteiger partial charge in [-0.2, -0.15) is 4.57 Å². The van der Waals surface area contributed by atoms with Gasteiger partial charge in [-0.25, -0.2) is 0 Å². The van der Waals surface area contributed by atoms with Crippen LogP contribution in [-0.4, -0.2) is 31.4 Å². The molecule has 1 N–H and O–H groups in total. The average Bonchev–Trinajstić information content (AvgIpc) is 2.64. The summed E-state index contributed by atoms with van der Waals surface area (Å²) in [5.74, 6) is 1.33. The summed E-state index contributed by atoms with van der Waals surface area (Å²) in [6.07, 6.45) is 4.14. The number of ether oxygens (including phenoxy) is 2. The lowest BCUT2D eigenvalue weighted by atomic mass is 10.1. The molecule has 0 aliphatic heterocycles. The van der Waals surface area contributed by atoms with E-state index in [2.05, 4.69) is 5.32 Å². The number of carbonyl (C=O) groups is 2. The Hall–Kier alpha value is -2.89. The number of Topliss-reactive ketones (excluding diaryl/α,β-unsaturated/α-hetero) is 1. The van der Waals surface area contributed by atoms with Crippen LogP contribution in [0.5, 0.6) is 11.5 Å². The average molecular weight is 371 g/mol. The monoisotopic (exact) mass is 371 g/mol. The molecule has 0 aliphatic carbocycles. The molecule has 1 aromatic heterocycles. The molecule has 1 amide bonds. The molecule has 27 heavy (non-hydrogen) atoms. The maximum absolute atomic E-state index is 12.1. The van der Waals surface area contributed by atoms with Crippen LogP contribution in [0.4, 0.5) is 0 Å². The van der Waals surface area contributed by atoms with E-state index in [0.717, 1.165) is 17.1 Å². The topological polar surface area (TPSA) is 68.5 Å². The maximum atomic E-state index is 12.1. The quantitative estimate of drug-likeness (QED) is 0.514. The number of amides is 1. The van der Waals surface area contributed by atoms with Crippen LogP contribution in [0, 0.1) is 0 Å². The molecule has 0 fully saturated rings. The highest BCUT2D eigenvalue weighted by Gasteiger charge is 2.12. The number of ketones is 1. The Balaban J connectivity index is 1.88. The Bertz CT molecular complexity index is 790. The number of rotatable bonds is 10. The Morgan fingerprint density at radius 1 is 1.07 bits per heavy atom. The zero-order valence-corrected chi connectivity index (χ0v) is 16.2. The number of benzene rings is 1. The lowest BCUT2D eigenvalue weighted by Gasteiger charge is -2.12. The van der Waals surface area contributed by atoms with Crippen LogP contribution in [0.2, 0.25) is 0 Å². The van der Waals surface area contributed by atoms with Gasteiger partial charge in [-0.1, -0.05) is 6.07 Å². The molecule has 2 aromatic rings. The SMILES string of the molecule is CCOc1ccc(CCNC(=O)C[n+]2cccc(C(C)=O)c2)cc1OCC. The second-order valence-corrected chi connectivity index (χ2v) is 6.07. The number of carbonyl (C=O) groups excluding carboxylic acids is 2. The van der Waals surface area contributed by atoms with E-state index in [1.807, 2.05) is 32.0 Å². The molecule has 1 heterocycles. The van der Waals surface area contributed by atoms with Crippen molar-refractivity contribution in [2.24, 2.45) is 0 Å². The third-order valence-electron chi connectivity index (χ3n) is 3.93. The minimum atomic E-state index is -0.100. The predicted molar refractivity (Wildman–Crippen MR) is 102 cm³/mol. The van der Waals surface area contributed by atoms with Gasteiger partial charge in [0.05, 0.1) is 18.8 Å². The van der Waals surface area contributed by atoms with E-state index in [-0.39, 0.29) is 18.2 Å². The van der Waals surface area contributed by atoms with Gasteiger partial charge in [-0.15, -0.1) is 0 Å². The van der Waals surface area contributed by atoms with Gasteiger partial charge < -0.3 is 14.8 Å². The Labute approximate surface area is 160 Å². The smallest absolute Gasteiger partial charge is 0.285 e. The van der Waals surface area contributed by atoms with Gasteiger partial charge in [0, 0.05) is 12.6 Å². The zero-order chi connectivity index (χ0) is 19.6. The number of pyridine rings is 1. The largest absolute Gasteiger partial charge is 0.490 e. The Morgan fingerprint density at radius 2 is 1.81 bits per heavy atom. The van der Waals surface area contributed by atoms with Crippen molar-refractivity contribution in [2.75, 3.05) is 19.8 Å². The zero-order valence-electron chi connectivity index (χ0n) is 16.2. The normalized spacial score (nSPS) is 10.3. The van der Waals surface area contributed by atoms with E-state index < -0.39 is 0 Å². The van der Waals surface area contributed by atoms with Crippen LogP contribution in [-0.2, 0) is 17.8 Å². The van der Waals surface area contributed by atoms with Gasteiger partial charge in [0.15, 0.2) is 29.7 Å². The highest BCUT2D eigenvalue weighted by atomic mass is 16.5. The number of nitrogens with one attached hydrogen (secondary N) is 1. The molecule has 0 unspecified atom stereocenters. The Morgan fingerprint density at radius 3 is 2.52 bits per heavy atom. The summed E-state index contributed by atoms with van der Waals surface area (Å²) in [6.45, 7) is 7.21. The second kappa shape index (κ2) is 10.3. The molecular weight excluding hydrogens is 344 g/mol. The molecular formula is C21H27N2O4+. The highest BCUT2D eigenvalue weighted by molar-refractivity contribution is 5.93.